The maximum atomic E-state index is 12.8. The van der Waals surface area contributed by atoms with Crippen LogP contribution >= 0.6 is 0 Å². The summed E-state index contributed by atoms with van der Waals surface area (Å²) in [5, 5.41) is 0. The Morgan fingerprint density at radius 2 is 1.60 bits per heavy atom. The largest absolute Gasteiger partial charge is 0.298 e. The van der Waals surface area contributed by atoms with Crippen molar-refractivity contribution in [2.45, 2.75) is 44.7 Å². The molecule has 0 radical (unpaired) electrons. The zero-order valence-electron chi connectivity index (χ0n) is 12.9. The first-order valence-corrected chi connectivity index (χ1v) is 8.47. The monoisotopic (exact) mass is 296 g/mol. The van der Waals surface area contributed by atoms with Crippen molar-refractivity contribution >= 4 is 10.0 Å². The Morgan fingerprint density at radius 3 is 2.10 bits per heavy atom. The number of hydrogen-bond acceptors (Lipinski definition) is 3. The van der Waals surface area contributed by atoms with Crippen molar-refractivity contribution in [1.82, 2.24) is 9.21 Å². The van der Waals surface area contributed by atoms with E-state index in [0.29, 0.717) is 18.0 Å². The standard InChI is InChI=1S/C15H24N2O2S/c1-11-6-7-15(8-12(11)2)20(18,19)17-9-13(3)16(5)14(4)10-17/h6-8,13-14H,9-10H2,1-5H3. The minimum absolute atomic E-state index is 0.236. The van der Waals surface area contributed by atoms with Gasteiger partial charge >= 0.3 is 0 Å². The van der Waals surface area contributed by atoms with E-state index >= 15 is 0 Å². The molecule has 1 aliphatic heterocycles. The summed E-state index contributed by atoms with van der Waals surface area (Å²) in [6.45, 7) is 9.18. The van der Waals surface area contributed by atoms with Gasteiger partial charge in [0.1, 0.15) is 0 Å². The molecule has 1 heterocycles. The van der Waals surface area contributed by atoms with Gasteiger partial charge in [-0.2, -0.15) is 4.31 Å². The lowest BCUT2D eigenvalue weighted by molar-refractivity contribution is 0.105. The molecule has 20 heavy (non-hydrogen) atoms. The van der Waals surface area contributed by atoms with Crippen molar-refractivity contribution in [3.8, 4) is 0 Å². The molecule has 2 unspecified atom stereocenters. The summed E-state index contributed by atoms with van der Waals surface area (Å²) in [5.41, 5.74) is 2.13. The lowest BCUT2D eigenvalue weighted by Gasteiger charge is -2.41. The molecule has 112 valence electrons. The third kappa shape index (κ3) is 2.75. The smallest absolute Gasteiger partial charge is 0.243 e. The van der Waals surface area contributed by atoms with Crippen molar-refractivity contribution in [3.05, 3.63) is 29.3 Å². The highest BCUT2D eigenvalue weighted by Crippen LogP contribution is 2.23. The molecule has 0 amide bonds. The van der Waals surface area contributed by atoms with E-state index < -0.39 is 10.0 Å². The highest BCUT2D eigenvalue weighted by molar-refractivity contribution is 7.89. The number of piperazine rings is 1. The van der Waals surface area contributed by atoms with Crippen LogP contribution in [0.15, 0.2) is 23.1 Å². The molecular formula is C15H24N2O2S. The molecule has 2 rings (SSSR count). The first-order valence-electron chi connectivity index (χ1n) is 7.03. The highest BCUT2D eigenvalue weighted by Gasteiger charge is 2.34. The quantitative estimate of drug-likeness (QED) is 0.838. The number of nitrogens with zero attached hydrogens (tertiary/aromatic N) is 2. The summed E-state index contributed by atoms with van der Waals surface area (Å²) in [7, 11) is -1.33. The van der Waals surface area contributed by atoms with Gasteiger partial charge in [0.15, 0.2) is 0 Å². The van der Waals surface area contributed by atoms with Gasteiger partial charge in [-0.05, 0) is 58.0 Å². The van der Waals surface area contributed by atoms with Crippen molar-refractivity contribution in [2.75, 3.05) is 20.1 Å². The van der Waals surface area contributed by atoms with E-state index in [1.54, 1.807) is 16.4 Å². The topological polar surface area (TPSA) is 40.6 Å². The molecule has 0 aliphatic carbocycles. The van der Waals surface area contributed by atoms with Crippen LogP contribution in [0.3, 0.4) is 0 Å². The number of likely N-dealkylation sites (N-methyl/N-ethyl adjacent to an activating group) is 1. The number of sulfonamides is 1. The van der Waals surface area contributed by atoms with Gasteiger partial charge in [-0.25, -0.2) is 8.42 Å². The number of benzene rings is 1. The Morgan fingerprint density at radius 1 is 1.05 bits per heavy atom. The number of rotatable bonds is 2. The van der Waals surface area contributed by atoms with Crippen molar-refractivity contribution < 1.29 is 8.42 Å². The van der Waals surface area contributed by atoms with Crippen LogP contribution in [-0.2, 0) is 10.0 Å². The lowest BCUT2D eigenvalue weighted by Crippen LogP contribution is -2.56. The van der Waals surface area contributed by atoms with Crippen molar-refractivity contribution in [2.24, 2.45) is 0 Å². The predicted octanol–water partition coefficient (Wildman–Crippen LogP) is 2.02. The SMILES string of the molecule is Cc1ccc(S(=O)(=O)N2CC(C)N(C)C(C)C2)cc1C. The van der Waals surface area contributed by atoms with E-state index in [4.69, 9.17) is 0 Å². The Kier molecular flexibility index (Phi) is 4.23. The van der Waals surface area contributed by atoms with Crippen LogP contribution in [0.1, 0.15) is 25.0 Å². The summed E-state index contributed by atoms with van der Waals surface area (Å²) >= 11 is 0. The molecule has 0 bridgehead atoms. The fraction of sp³-hybridized carbons (Fsp3) is 0.600. The zero-order chi connectivity index (χ0) is 15.1. The van der Waals surface area contributed by atoms with Crippen LogP contribution in [0.5, 0.6) is 0 Å². The summed E-state index contributed by atoms with van der Waals surface area (Å²) in [6, 6.07) is 5.84. The number of aryl methyl sites for hydroxylation is 2. The molecule has 0 spiro atoms. The fourth-order valence-electron chi connectivity index (χ4n) is 2.58. The minimum atomic E-state index is -3.38. The van der Waals surface area contributed by atoms with E-state index in [1.807, 2.05) is 19.9 Å². The maximum absolute atomic E-state index is 12.8. The van der Waals surface area contributed by atoms with E-state index in [0.717, 1.165) is 11.1 Å². The molecule has 1 aromatic carbocycles. The molecule has 4 nitrogen and oxygen atoms in total. The maximum Gasteiger partial charge on any atom is 0.243 e. The van der Waals surface area contributed by atoms with Crippen molar-refractivity contribution in [1.29, 1.82) is 0 Å². The third-order valence-corrected chi connectivity index (χ3v) is 6.27. The van der Waals surface area contributed by atoms with Crippen molar-refractivity contribution in [3.63, 3.8) is 0 Å². The first kappa shape index (κ1) is 15.5. The average Bonchev–Trinajstić information content (AvgIpc) is 2.38. The van der Waals surface area contributed by atoms with Gasteiger partial charge in [-0.1, -0.05) is 6.07 Å². The summed E-state index contributed by atoms with van der Waals surface area (Å²) < 4.78 is 27.1. The summed E-state index contributed by atoms with van der Waals surface area (Å²) in [5.74, 6) is 0. The summed E-state index contributed by atoms with van der Waals surface area (Å²) in [4.78, 5) is 2.64. The predicted molar refractivity (Wildman–Crippen MR) is 81.4 cm³/mol. The van der Waals surface area contributed by atoms with Crippen LogP contribution in [0.25, 0.3) is 0 Å². The first-order chi connectivity index (χ1) is 9.23. The van der Waals surface area contributed by atoms with Crippen LogP contribution in [-0.4, -0.2) is 49.8 Å². The van der Waals surface area contributed by atoms with E-state index in [9.17, 15) is 8.42 Å². The Labute approximate surface area is 122 Å². The molecule has 5 heteroatoms. The summed E-state index contributed by atoms with van der Waals surface area (Å²) in [6.07, 6.45) is 0. The normalized spacial score (nSPS) is 25.9. The molecule has 1 aliphatic rings. The van der Waals surface area contributed by atoms with Gasteiger partial charge < -0.3 is 0 Å². The lowest BCUT2D eigenvalue weighted by atomic mass is 10.1. The molecule has 0 saturated carbocycles. The van der Waals surface area contributed by atoms with E-state index in [-0.39, 0.29) is 12.1 Å². The molecule has 2 atom stereocenters. The van der Waals surface area contributed by atoms with Gasteiger partial charge in [-0.3, -0.25) is 4.90 Å². The Hall–Kier alpha value is -0.910. The van der Waals surface area contributed by atoms with E-state index in [2.05, 4.69) is 25.8 Å². The van der Waals surface area contributed by atoms with Crippen LogP contribution in [0.4, 0.5) is 0 Å². The zero-order valence-corrected chi connectivity index (χ0v) is 13.7. The molecular weight excluding hydrogens is 272 g/mol. The number of hydrogen-bond donors (Lipinski definition) is 0. The van der Waals surface area contributed by atoms with Gasteiger partial charge in [0, 0.05) is 25.2 Å². The van der Waals surface area contributed by atoms with Crippen LogP contribution < -0.4 is 0 Å². The molecule has 1 aromatic rings. The Balaban J connectivity index is 2.33. The Bertz CT molecular complexity index is 586. The third-order valence-electron chi connectivity index (χ3n) is 4.44. The van der Waals surface area contributed by atoms with Crippen LogP contribution in [0.2, 0.25) is 0 Å². The second-order valence-corrected chi connectivity index (χ2v) is 7.87. The van der Waals surface area contributed by atoms with E-state index in [1.165, 1.54) is 0 Å². The second kappa shape index (κ2) is 5.47. The van der Waals surface area contributed by atoms with Gasteiger partial charge in [0.2, 0.25) is 10.0 Å². The van der Waals surface area contributed by atoms with Gasteiger partial charge in [0.25, 0.3) is 0 Å². The fourth-order valence-corrected chi connectivity index (χ4v) is 4.26. The minimum Gasteiger partial charge on any atom is -0.298 e. The van der Waals surface area contributed by atoms with Gasteiger partial charge in [-0.15, -0.1) is 0 Å². The average molecular weight is 296 g/mol. The molecule has 1 fully saturated rings. The molecule has 0 N–H and O–H groups in total. The molecule has 0 aromatic heterocycles. The second-order valence-electron chi connectivity index (χ2n) is 5.93. The van der Waals surface area contributed by atoms with Crippen LogP contribution in [0, 0.1) is 13.8 Å². The highest BCUT2D eigenvalue weighted by atomic mass is 32.2. The molecule has 1 saturated heterocycles. The van der Waals surface area contributed by atoms with Gasteiger partial charge in [0.05, 0.1) is 4.90 Å².